The van der Waals surface area contributed by atoms with E-state index in [0.29, 0.717) is 11.7 Å². The van der Waals surface area contributed by atoms with Crippen LogP contribution >= 0.6 is 0 Å². The summed E-state index contributed by atoms with van der Waals surface area (Å²) in [5, 5.41) is 1.87. The number of pyridine rings is 1. The zero-order chi connectivity index (χ0) is 14.9. The molecule has 108 valence electrons. The van der Waals surface area contributed by atoms with E-state index in [1.54, 1.807) is 36.8 Å². The van der Waals surface area contributed by atoms with Gasteiger partial charge in [0.2, 0.25) is 12.8 Å². The second kappa shape index (κ2) is 5.07. The summed E-state index contributed by atoms with van der Waals surface area (Å²) in [5.74, 6) is 1.02. The van der Waals surface area contributed by atoms with Gasteiger partial charge in [0.15, 0.2) is 0 Å². The predicted octanol–water partition coefficient (Wildman–Crippen LogP) is 3.27. The van der Waals surface area contributed by atoms with Crippen molar-refractivity contribution in [3.8, 4) is 11.7 Å². The standard InChI is InChI=1S/C16H11FN4O/c17-10-22-13-1-2-14-12(7-13)8-19-16(20-14)21-6-4-11-3-5-18-9-15(11)21/h1-9H,10H2. The molecule has 0 N–H and O–H groups in total. The molecular formula is C16H11FN4O. The normalized spacial score (nSPS) is 11.1. The molecule has 5 nitrogen and oxygen atoms in total. The van der Waals surface area contributed by atoms with Crippen molar-refractivity contribution in [3.63, 3.8) is 0 Å². The lowest BCUT2D eigenvalue weighted by molar-refractivity contribution is 0.192. The largest absolute Gasteiger partial charge is 0.463 e. The van der Waals surface area contributed by atoms with Crippen LogP contribution in [0, 0.1) is 0 Å². The first kappa shape index (κ1) is 12.7. The van der Waals surface area contributed by atoms with E-state index in [4.69, 9.17) is 4.74 Å². The highest BCUT2D eigenvalue weighted by Crippen LogP contribution is 2.22. The molecule has 4 aromatic rings. The summed E-state index contributed by atoms with van der Waals surface area (Å²) < 4.78 is 18.9. The minimum absolute atomic E-state index is 0.460. The van der Waals surface area contributed by atoms with Crippen LogP contribution in [-0.4, -0.2) is 26.4 Å². The Morgan fingerprint density at radius 2 is 2.05 bits per heavy atom. The van der Waals surface area contributed by atoms with Gasteiger partial charge in [-0.1, -0.05) is 0 Å². The highest BCUT2D eigenvalue weighted by atomic mass is 19.1. The molecular weight excluding hydrogens is 283 g/mol. The van der Waals surface area contributed by atoms with Crippen LogP contribution in [-0.2, 0) is 0 Å². The van der Waals surface area contributed by atoms with Gasteiger partial charge in [0, 0.05) is 29.4 Å². The summed E-state index contributed by atoms with van der Waals surface area (Å²) in [7, 11) is 0. The topological polar surface area (TPSA) is 52.8 Å². The van der Waals surface area contributed by atoms with Crippen molar-refractivity contribution >= 4 is 21.8 Å². The zero-order valence-corrected chi connectivity index (χ0v) is 11.5. The average Bonchev–Trinajstić information content (AvgIpc) is 2.99. The van der Waals surface area contributed by atoms with E-state index in [1.807, 2.05) is 22.9 Å². The fourth-order valence-electron chi connectivity index (χ4n) is 2.42. The van der Waals surface area contributed by atoms with Crippen LogP contribution in [0.25, 0.3) is 27.8 Å². The van der Waals surface area contributed by atoms with E-state index in [2.05, 4.69) is 15.0 Å². The number of fused-ring (bicyclic) bond motifs is 2. The van der Waals surface area contributed by atoms with Crippen LogP contribution in [0.4, 0.5) is 4.39 Å². The lowest BCUT2D eigenvalue weighted by atomic mass is 10.2. The van der Waals surface area contributed by atoms with Gasteiger partial charge in [0.1, 0.15) is 5.75 Å². The fraction of sp³-hybridized carbons (Fsp3) is 0.0625. The summed E-state index contributed by atoms with van der Waals surface area (Å²) in [5.41, 5.74) is 1.71. The highest BCUT2D eigenvalue weighted by Gasteiger charge is 2.07. The van der Waals surface area contributed by atoms with E-state index < -0.39 is 6.86 Å². The summed E-state index contributed by atoms with van der Waals surface area (Å²) in [6.07, 6.45) is 7.14. The summed E-state index contributed by atoms with van der Waals surface area (Å²) in [6.45, 7) is -0.854. The van der Waals surface area contributed by atoms with Gasteiger partial charge in [-0.3, -0.25) is 9.55 Å². The lowest BCUT2D eigenvalue weighted by Crippen LogP contribution is -2.00. The number of halogens is 1. The molecule has 3 aromatic heterocycles. The lowest BCUT2D eigenvalue weighted by Gasteiger charge is -2.06. The molecule has 0 fully saturated rings. The van der Waals surface area contributed by atoms with Gasteiger partial charge in [-0.2, -0.15) is 0 Å². The Morgan fingerprint density at radius 3 is 2.95 bits per heavy atom. The first-order valence-electron chi connectivity index (χ1n) is 6.72. The number of hydrogen-bond donors (Lipinski definition) is 0. The Bertz CT molecular complexity index is 967. The molecule has 0 unspecified atom stereocenters. The van der Waals surface area contributed by atoms with Gasteiger partial charge in [-0.25, -0.2) is 14.4 Å². The van der Waals surface area contributed by atoms with Crippen molar-refractivity contribution in [2.24, 2.45) is 0 Å². The van der Waals surface area contributed by atoms with E-state index >= 15 is 0 Å². The van der Waals surface area contributed by atoms with E-state index in [1.165, 1.54) is 0 Å². The Morgan fingerprint density at radius 1 is 1.09 bits per heavy atom. The van der Waals surface area contributed by atoms with Crippen LogP contribution in [0.1, 0.15) is 0 Å². The van der Waals surface area contributed by atoms with Gasteiger partial charge in [0.05, 0.1) is 17.2 Å². The number of ether oxygens (including phenoxy) is 1. The van der Waals surface area contributed by atoms with Gasteiger partial charge < -0.3 is 4.74 Å². The molecule has 0 aliphatic rings. The summed E-state index contributed by atoms with van der Waals surface area (Å²) in [4.78, 5) is 13.1. The maximum Gasteiger partial charge on any atom is 0.234 e. The number of nitrogens with zero attached hydrogens (tertiary/aromatic N) is 4. The van der Waals surface area contributed by atoms with Gasteiger partial charge in [0.25, 0.3) is 0 Å². The molecule has 0 aliphatic carbocycles. The molecule has 0 saturated carbocycles. The number of alkyl halides is 1. The summed E-state index contributed by atoms with van der Waals surface area (Å²) in [6, 6.07) is 9.12. The number of benzene rings is 1. The molecule has 0 amide bonds. The smallest absolute Gasteiger partial charge is 0.234 e. The Labute approximate surface area is 125 Å². The molecule has 1 aromatic carbocycles. The van der Waals surface area contributed by atoms with Crippen molar-refractivity contribution in [1.29, 1.82) is 0 Å². The molecule has 0 bridgehead atoms. The minimum atomic E-state index is -0.854. The van der Waals surface area contributed by atoms with Crippen LogP contribution in [0.5, 0.6) is 5.75 Å². The minimum Gasteiger partial charge on any atom is -0.463 e. The fourth-order valence-corrected chi connectivity index (χ4v) is 2.42. The third-order valence-electron chi connectivity index (χ3n) is 3.47. The molecule has 0 radical (unpaired) electrons. The third-order valence-corrected chi connectivity index (χ3v) is 3.47. The molecule has 0 saturated heterocycles. The Balaban J connectivity index is 1.84. The highest BCUT2D eigenvalue weighted by molar-refractivity contribution is 5.82. The molecule has 0 aliphatic heterocycles. The Kier molecular flexibility index (Phi) is 2.93. The van der Waals surface area contributed by atoms with Crippen molar-refractivity contribution in [2.75, 3.05) is 6.86 Å². The molecule has 3 heterocycles. The van der Waals surface area contributed by atoms with Crippen molar-refractivity contribution < 1.29 is 9.13 Å². The van der Waals surface area contributed by atoms with Crippen LogP contribution in [0.15, 0.2) is 55.1 Å². The second-order valence-corrected chi connectivity index (χ2v) is 4.76. The monoisotopic (exact) mass is 294 g/mol. The van der Waals surface area contributed by atoms with Crippen LogP contribution < -0.4 is 4.74 Å². The molecule has 22 heavy (non-hydrogen) atoms. The number of hydrogen-bond acceptors (Lipinski definition) is 4. The zero-order valence-electron chi connectivity index (χ0n) is 11.5. The van der Waals surface area contributed by atoms with Crippen LogP contribution in [0.2, 0.25) is 0 Å². The summed E-state index contributed by atoms with van der Waals surface area (Å²) >= 11 is 0. The third kappa shape index (κ3) is 2.05. The SMILES string of the molecule is FCOc1ccc2nc(-n3ccc4ccncc43)ncc2c1. The maximum absolute atomic E-state index is 12.2. The first-order valence-corrected chi connectivity index (χ1v) is 6.72. The molecule has 4 rings (SSSR count). The number of rotatable bonds is 3. The quantitative estimate of drug-likeness (QED) is 0.582. The number of aromatic nitrogens is 4. The van der Waals surface area contributed by atoms with Gasteiger partial charge in [-0.05, 0) is 30.3 Å². The van der Waals surface area contributed by atoms with Gasteiger partial charge >= 0.3 is 0 Å². The Hall–Kier alpha value is -3.02. The van der Waals surface area contributed by atoms with E-state index in [0.717, 1.165) is 21.8 Å². The van der Waals surface area contributed by atoms with E-state index in [9.17, 15) is 4.39 Å². The van der Waals surface area contributed by atoms with Gasteiger partial charge in [-0.15, -0.1) is 0 Å². The van der Waals surface area contributed by atoms with Crippen molar-refractivity contribution in [2.45, 2.75) is 0 Å². The predicted molar refractivity (Wildman–Crippen MR) is 80.8 cm³/mol. The molecule has 0 atom stereocenters. The second-order valence-electron chi connectivity index (χ2n) is 4.76. The molecule has 0 spiro atoms. The van der Waals surface area contributed by atoms with E-state index in [-0.39, 0.29) is 0 Å². The van der Waals surface area contributed by atoms with Crippen molar-refractivity contribution in [3.05, 3.63) is 55.1 Å². The molecule has 6 heteroatoms. The average molecular weight is 294 g/mol. The maximum atomic E-state index is 12.2. The first-order chi connectivity index (χ1) is 10.8. The van der Waals surface area contributed by atoms with Crippen LogP contribution in [0.3, 0.4) is 0 Å². The van der Waals surface area contributed by atoms with Crippen molar-refractivity contribution in [1.82, 2.24) is 19.5 Å².